The fraction of sp³-hybridized carbons (Fsp3) is 0.474. The van der Waals surface area contributed by atoms with E-state index in [-0.39, 0.29) is 18.4 Å². The van der Waals surface area contributed by atoms with Crippen molar-refractivity contribution in [1.82, 2.24) is 9.80 Å². The van der Waals surface area contributed by atoms with Gasteiger partial charge in [-0.25, -0.2) is 4.79 Å². The lowest BCUT2D eigenvalue weighted by Gasteiger charge is -2.48. The zero-order chi connectivity index (χ0) is 19.3. The summed E-state index contributed by atoms with van der Waals surface area (Å²) < 4.78 is 0. The van der Waals surface area contributed by atoms with Gasteiger partial charge in [-0.1, -0.05) is 12.1 Å². The number of amides is 3. The number of carbonyl (C=O) groups is 4. The number of fused-ring (bicyclic) bond motifs is 3. The summed E-state index contributed by atoms with van der Waals surface area (Å²) in [5.41, 5.74) is 0.0337. The van der Waals surface area contributed by atoms with Crippen molar-refractivity contribution in [3.05, 3.63) is 29.8 Å². The molecule has 8 heteroatoms. The maximum atomic E-state index is 13.1. The van der Waals surface area contributed by atoms with Gasteiger partial charge < -0.3 is 14.9 Å². The van der Waals surface area contributed by atoms with E-state index in [0.717, 1.165) is 0 Å². The van der Waals surface area contributed by atoms with Crippen molar-refractivity contribution in [3.8, 4) is 0 Å². The summed E-state index contributed by atoms with van der Waals surface area (Å²) in [6, 6.07) is 6.05. The summed E-state index contributed by atoms with van der Waals surface area (Å²) in [4.78, 5) is 54.3. The van der Waals surface area contributed by atoms with Crippen LogP contribution in [0.2, 0.25) is 0 Å². The highest BCUT2D eigenvalue weighted by atomic mass is 16.4. The molecule has 3 aliphatic heterocycles. The summed E-state index contributed by atoms with van der Waals surface area (Å²) in [5.74, 6) is -1.81. The molecule has 1 aromatic carbocycles. The number of anilines is 1. The predicted octanol–water partition coefficient (Wildman–Crippen LogP) is 1.06. The molecule has 3 aliphatic rings. The Hall–Kier alpha value is -2.90. The van der Waals surface area contributed by atoms with Crippen LogP contribution in [0.4, 0.5) is 5.69 Å². The summed E-state index contributed by atoms with van der Waals surface area (Å²) >= 11 is 0. The van der Waals surface area contributed by atoms with Gasteiger partial charge in [0.15, 0.2) is 0 Å². The van der Waals surface area contributed by atoms with Crippen LogP contribution in [0.15, 0.2) is 24.3 Å². The molecule has 0 aliphatic carbocycles. The molecule has 0 aromatic heterocycles. The molecule has 3 heterocycles. The molecule has 1 aromatic rings. The van der Waals surface area contributed by atoms with Crippen LogP contribution in [0.25, 0.3) is 0 Å². The van der Waals surface area contributed by atoms with E-state index in [1.165, 1.54) is 9.80 Å². The summed E-state index contributed by atoms with van der Waals surface area (Å²) in [6.45, 7) is 1.92. The first-order valence-corrected chi connectivity index (χ1v) is 9.11. The van der Waals surface area contributed by atoms with Gasteiger partial charge in [0.1, 0.15) is 18.2 Å². The number of carboxylic acids is 1. The minimum atomic E-state index is -1.03. The van der Waals surface area contributed by atoms with Crippen LogP contribution in [0.1, 0.15) is 43.0 Å². The average Bonchev–Trinajstić information content (AvgIpc) is 3.24. The fourth-order valence-corrected chi connectivity index (χ4v) is 4.49. The van der Waals surface area contributed by atoms with E-state index in [0.29, 0.717) is 43.5 Å². The zero-order valence-electron chi connectivity index (χ0n) is 15.1. The van der Waals surface area contributed by atoms with Crippen molar-refractivity contribution in [2.24, 2.45) is 0 Å². The number of likely N-dealkylation sites (tertiary alicyclic amines) is 1. The highest BCUT2D eigenvalue weighted by molar-refractivity contribution is 6.11. The summed E-state index contributed by atoms with van der Waals surface area (Å²) in [5, 5.41) is 9.33. The Bertz CT molecular complexity index is 854. The molecule has 142 valence electrons. The molecule has 27 heavy (non-hydrogen) atoms. The molecule has 2 fully saturated rings. The molecule has 0 bridgehead atoms. The van der Waals surface area contributed by atoms with E-state index in [1.807, 2.05) is 0 Å². The van der Waals surface area contributed by atoms with E-state index in [1.54, 1.807) is 36.1 Å². The molecule has 1 N–H and O–H groups in total. The number of aliphatic carboxylic acids is 1. The van der Waals surface area contributed by atoms with E-state index in [2.05, 4.69) is 0 Å². The van der Waals surface area contributed by atoms with Crippen molar-refractivity contribution in [2.45, 2.75) is 44.3 Å². The van der Waals surface area contributed by atoms with Gasteiger partial charge in [0.25, 0.3) is 5.91 Å². The highest BCUT2D eigenvalue weighted by Gasteiger charge is 2.53. The van der Waals surface area contributed by atoms with Gasteiger partial charge in [-0.3, -0.25) is 19.3 Å². The topological polar surface area (TPSA) is 98.2 Å². The molecule has 0 radical (unpaired) electrons. The first-order valence-electron chi connectivity index (χ1n) is 9.11. The first kappa shape index (κ1) is 17.5. The van der Waals surface area contributed by atoms with Crippen molar-refractivity contribution in [3.63, 3.8) is 0 Å². The number of hydrogen-bond acceptors (Lipinski definition) is 4. The van der Waals surface area contributed by atoms with Gasteiger partial charge in [-0.15, -0.1) is 0 Å². The Morgan fingerprint density at radius 2 is 2.00 bits per heavy atom. The summed E-state index contributed by atoms with van der Waals surface area (Å²) in [7, 11) is 0. The van der Waals surface area contributed by atoms with Gasteiger partial charge in [0.05, 0.1) is 11.3 Å². The van der Waals surface area contributed by atoms with Gasteiger partial charge >= 0.3 is 5.97 Å². The zero-order valence-corrected chi connectivity index (χ0v) is 15.1. The molecule has 3 amide bonds. The normalized spacial score (nSPS) is 27.0. The van der Waals surface area contributed by atoms with Gasteiger partial charge in [0, 0.05) is 13.0 Å². The smallest absolute Gasteiger partial charge is 0.326 e. The molecule has 0 spiro atoms. The van der Waals surface area contributed by atoms with Crippen LogP contribution < -0.4 is 4.90 Å². The number of nitrogens with zero attached hydrogens (tertiary/aromatic N) is 3. The average molecular weight is 371 g/mol. The Balaban J connectivity index is 1.68. The van der Waals surface area contributed by atoms with Crippen molar-refractivity contribution < 1.29 is 24.3 Å². The van der Waals surface area contributed by atoms with E-state index in [4.69, 9.17) is 0 Å². The molecule has 8 nitrogen and oxygen atoms in total. The standard InChI is InChI=1S/C19H21N3O5/c1-19-9-8-15(23)22(19)13-6-3-2-5-12(13)17(25)21(19)11-16(24)20-10-4-7-14(20)18(26)27/h2-3,5-6,14H,4,7-11H2,1H3,(H,26,27)/t14-,19?/m0/s1. The van der Waals surface area contributed by atoms with E-state index in [9.17, 15) is 24.3 Å². The second-order valence-corrected chi connectivity index (χ2v) is 7.44. The van der Waals surface area contributed by atoms with Crippen LogP contribution in [-0.2, 0) is 14.4 Å². The van der Waals surface area contributed by atoms with E-state index < -0.39 is 23.6 Å². The van der Waals surface area contributed by atoms with Crippen molar-refractivity contribution in [2.75, 3.05) is 18.0 Å². The Kier molecular flexibility index (Phi) is 3.94. The lowest BCUT2D eigenvalue weighted by atomic mass is 9.98. The number of benzene rings is 1. The third kappa shape index (κ3) is 2.50. The fourth-order valence-electron chi connectivity index (χ4n) is 4.49. The highest BCUT2D eigenvalue weighted by Crippen LogP contribution is 2.43. The number of carboxylic acid groups (broad SMARTS) is 1. The Morgan fingerprint density at radius 1 is 1.26 bits per heavy atom. The lowest BCUT2D eigenvalue weighted by Crippen LogP contribution is -2.64. The Labute approximate surface area is 156 Å². The largest absolute Gasteiger partial charge is 0.480 e. The molecule has 2 saturated heterocycles. The molecule has 0 saturated carbocycles. The van der Waals surface area contributed by atoms with Crippen molar-refractivity contribution in [1.29, 1.82) is 0 Å². The second-order valence-electron chi connectivity index (χ2n) is 7.44. The van der Waals surface area contributed by atoms with Gasteiger partial charge in [-0.05, 0) is 38.3 Å². The summed E-state index contributed by atoms with van der Waals surface area (Å²) in [6.07, 6.45) is 1.77. The van der Waals surface area contributed by atoms with Crippen molar-refractivity contribution >= 4 is 29.4 Å². The number of rotatable bonds is 3. The second kappa shape index (κ2) is 6.07. The van der Waals surface area contributed by atoms with Gasteiger partial charge in [0.2, 0.25) is 11.8 Å². The quantitative estimate of drug-likeness (QED) is 0.857. The van der Waals surface area contributed by atoms with Gasteiger partial charge in [-0.2, -0.15) is 0 Å². The van der Waals surface area contributed by atoms with Crippen LogP contribution in [0.3, 0.4) is 0 Å². The maximum Gasteiger partial charge on any atom is 0.326 e. The first-order chi connectivity index (χ1) is 12.8. The third-order valence-corrected chi connectivity index (χ3v) is 5.90. The monoisotopic (exact) mass is 371 g/mol. The molecule has 2 atom stereocenters. The number of hydrogen-bond donors (Lipinski definition) is 1. The Morgan fingerprint density at radius 3 is 2.74 bits per heavy atom. The maximum absolute atomic E-state index is 13.1. The number of carbonyl (C=O) groups excluding carboxylic acids is 3. The van der Waals surface area contributed by atoms with Crippen LogP contribution in [0.5, 0.6) is 0 Å². The van der Waals surface area contributed by atoms with Crippen LogP contribution in [-0.4, -0.2) is 63.4 Å². The molecular formula is C19H21N3O5. The molecular weight excluding hydrogens is 350 g/mol. The van der Waals surface area contributed by atoms with Crippen LogP contribution in [0, 0.1) is 0 Å². The number of para-hydroxylation sites is 1. The van der Waals surface area contributed by atoms with E-state index >= 15 is 0 Å². The molecule has 4 rings (SSSR count). The predicted molar refractivity (Wildman–Crippen MR) is 95.0 cm³/mol. The third-order valence-electron chi connectivity index (χ3n) is 5.90. The molecule has 1 unspecified atom stereocenters. The lowest BCUT2D eigenvalue weighted by molar-refractivity contribution is -0.148. The minimum absolute atomic E-state index is 0.0838. The minimum Gasteiger partial charge on any atom is -0.480 e. The van der Waals surface area contributed by atoms with Crippen LogP contribution >= 0.6 is 0 Å². The SMILES string of the molecule is CC12CCC(=O)N1c1ccccc1C(=O)N2CC(=O)N1CCC[C@H]1C(=O)O.